The smallest absolute Gasteiger partial charge is 0.342 e. The summed E-state index contributed by atoms with van der Waals surface area (Å²) in [6, 6.07) is 0. The maximum absolute atomic E-state index is 11.4. The van der Waals surface area contributed by atoms with Crippen molar-refractivity contribution in [1.82, 2.24) is 4.90 Å². The van der Waals surface area contributed by atoms with Crippen molar-refractivity contribution in [2.75, 3.05) is 39.5 Å². The van der Waals surface area contributed by atoms with Gasteiger partial charge in [0.1, 0.15) is 6.61 Å². The average molecular weight is 551 g/mol. The van der Waals surface area contributed by atoms with Crippen LogP contribution in [0, 0.1) is 0 Å². The third-order valence-electron chi connectivity index (χ3n) is 1.98. The van der Waals surface area contributed by atoms with Gasteiger partial charge in [0.2, 0.25) is -0.565 Å². The fourth-order valence-corrected chi connectivity index (χ4v) is 1.64. The van der Waals surface area contributed by atoms with Gasteiger partial charge >= 0.3 is 5.97 Å². The number of alkyl halides is 3. The van der Waals surface area contributed by atoms with Crippen molar-refractivity contribution in [2.24, 2.45) is 0 Å². The van der Waals surface area contributed by atoms with Gasteiger partial charge in [-0.15, -0.1) is 0 Å². The summed E-state index contributed by atoms with van der Waals surface area (Å²) in [6.45, 7) is 4.69. The van der Waals surface area contributed by atoms with Crippen LogP contribution >= 0.6 is 67.8 Å². The predicted molar refractivity (Wildman–Crippen MR) is 83.0 cm³/mol. The molecule has 1 heterocycles. The summed E-state index contributed by atoms with van der Waals surface area (Å²) >= 11 is 6.19. The summed E-state index contributed by atoms with van der Waals surface area (Å²) in [5.41, 5.74) is 0. The zero-order valence-corrected chi connectivity index (χ0v) is 14.5. The minimum Gasteiger partial charge on any atom is -0.462 e. The summed E-state index contributed by atoms with van der Waals surface area (Å²) < 4.78 is 9.91. The Morgan fingerprint density at radius 2 is 1.93 bits per heavy atom. The molecule has 0 amide bonds. The molecule has 0 aromatic heterocycles. The number of rotatable bonds is 4. The SMILES string of the molecule is O=C(OCCN1CCOCC1)C(I)(I)I. The summed E-state index contributed by atoms with van der Waals surface area (Å²) in [6.07, 6.45) is 0. The Bertz CT molecular complexity index is 214. The Morgan fingerprint density at radius 1 is 1.33 bits per heavy atom. The van der Waals surface area contributed by atoms with E-state index in [1.807, 2.05) is 0 Å². The van der Waals surface area contributed by atoms with E-state index < -0.39 is -0.565 Å². The van der Waals surface area contributed by atoms with Crippen molar-refractivity contribution < 1.29 is 14.3 Å². The monoisotopic (exact) mass is 551 g/mol. The van der Waals surface area contributed by atoms with E-state index in [9.17, 15) is 4.79 Å². The first-order chi connectivity index (χ1) is 7.00. The van der Waals surface area contributed by atoms with Crippen molar-refractivity contribution in [2.45, 2.75) is -0.565 Å². The van der Waals surface area contributed by atoms with Crippen LogP contribution in [0.3, 0.4) is 0 Å². The fourth-order valence-electron chi connectivity index (χ4n) is 1.17. The lowest BCUT2D eigenvalue weighted by Crippen LogP contribution is -2.39. The molecule has 4 nitrogen and oxygen atoms in total. The Balaban J connectivity index is 2.12. The second-order valence-electron chi connectivity index (χ2n) is 3.09. The quantitative estimate of drug-likeness (QED) is 0.304. The zero-order valence-electron chi connectivity index (χ0n) is 8.05. The Labute approximate surface area is 130 Å². The number of nitrogens with zero attached hydrogens (tertiary/aromatic N) is 1. The van der Waals surface area contributed by atoms with Gasteiger partial charge in [-0.05, 0) is 67.8 Å². The molecule has 0 radical (unpaired) electrons. The van der Waals surface area contributed by atoms with Gasteiger partial charge in [-0.25, -0.2) is 4.79 Å². The molecule has 1 aliphatic rings. The molecule has 0 N–H and O–H groups in total. The molecule has 0 saturated carbocycles. The zero-order chi connectivity index (χ0) is 11.3. The molecular weight excluding hydrogens is 539 g/mol. The van der Waals surface area contributed by atoms with Gasteiger partial charge in [-0.1, -0.05) is 0 Å². The molecule has 88 valence electrons. The van der Waals surface area contributed by atoms with Crippen LogP contribution in [0.2, 0.25) is 0 Å². The number of hydrogen-bond acceptors (Lipinski definition) is 4. The van der Waals surface area contributed by atoms with Crippen LogP contribution in [0.1, 0.15) is 0 Å². The van der Waals surface area contributed by atoms with Gasteiger partial charge in [-0.3, -0.25) is 4.90 Å². The van der Waals surface area contributed by atoms with E-state index in [1.54, 1.807) is 0 Å². The summed E-state index contributed by atoms with van der Waals surface area (Å²) in [7, 11) is 0. The van der Waals surface area contributed by atoms with Crippen LogP contribution in [0.5, 0.6) is 0 Å². The molecule has 0 unspecified atom stereocenters. The number of carbonyl (C=O) groups is 1. The lowest BCUT2D eigenvalue weighted by atomic mass is 10.4. The molecule has 1 fully saturated rings. The van der Waals surface area contributed by atoms with Crippen molar-refractivity contribution >= 4 is 73.7 Å². The summed E-state index contributed by atoms with van der Waals surface area (Å²) in [5.74, 6) is -0.169. The number of ether oxygens (including phenoxy) is 2. The van der Waals surface area contributed by atoms with E-state index in [0.29, 0.717) is 6.61 Å². The molecule has 0 aromatic carbocycles. The van der Waals surface area contributed by atoms with Gasteiger partial charge < -0.3 is 9.47 Å². The number of hydrogen-bond donors (Lipinski definition) is 0. The van der Waals surface area contributed by atoms with Crippen LogP contribution in [0.25, 0.3) is 0 Å². The van der Waals surface area contributed by atoms with Gasteiger partial charge in [0.15, 0.2) is 0 Å². The second-order valence-corrected chi connectivity index (χ2v) is 14.1. The van der Waals surface area contributed by atoms with Crippen LogP contribution in [0.15, 0.2) is 0 Å². The molecule has 0 aliphatic carbocycles. The molecule has 0 aromatic rings. The molecule has 0 bridgehead atoms. The van der Waals surface area contributed by atoms with Crippen molar-refractivity contribution in [3.63, 3.8) is 0 Å². The van der Waals surface area contributed by atoms with E-state index in [0.717, 1.165) is 32.8 Å². The Morgan fingerprint density at radius 3 is 2.47 bits per heavy atom. The molecule has 0 atom stereocenters. The molecule has 1 aliphatic heterocycles. The van der Waals surface area contributed by atoms with Crippen LogP contribution < -0.4 is 0 Å². The van der Waals surface area contributed by atoms with Gasteiger partial charge in [0, 0.05) is 19.6 Å². The maximum atomic E-state index is 11.4. The first kappa shape index (κ1) is 14.6. The number of halogens is 3. The van der Waals surface area contributed by atoms with E-state index in [1.165, 1.54) is 0 Å². The van der Waals surface area contributed by atoms with Gasteiger partial charge in [0.25, 0.3) is 0 Å². The highest BCUT2D eigenvalue weighted by Crippen LogP contribution is 2.36. The standard InChI is InChI=1S/C8H12I3NO3/c9-8(10,11)7(13)15-6-3-12-1-4-14-5-2-12/h1-6H2. The Hall–Kier alpha value is 1.58. The molecule has 7 heteroatoms. The van der Waals surface area contributed by atoms with Crippen molar-refractivity contribution in [3.05, 3.63) is 0 Å². The largest absolute Gasteiger partial charge is 0.462 e. The highest BCUT2D eigenvalue weighted by Gasteiger charge is 2.30. The second kappa shape index (κ2) is 7.11. The third-order valence-corrected chi connectivity index (χ3v) is 3.30. The summed E-state index contributed by atoms with van der Waals surface area (Å²) in [5, 5.41) is 0. The highest BCUT2D eigenvalue weighted by molar-refractivity contribution is 14.3. The average Bonchev–Trinajstić information content (AvgIpc) is 2.18. The molecular formula is C8H12I3NO3. The van der Waals surface area contributed by atoms with E-state index >= 15 is 0 Å². The van der Waals surface area contributed by atoms with Crippen LogP contribution in [0.4, 0.5) is 0 Å². The highest BCUT2D eigenvalue weighted by atomic mass is 127. The Kier molecular flexibility index (Phi) is 6.94. The lowest BCUT2D eigenvalue weighted by molar-refractivity contribution is -0.141. The van der Waals surface area contributed by atoms with E-state index in [4.69, 9.17) is 9.47 Å². The first-order valence-electron chi connectivity index (χ1n) is 4.54. The predicted octanol–water partition coefficient (Wildman–Crippen LogP) is 1.82. The lowest BCUT2D eigenvalue weighted by Gasteiger charge is -2.26. The first-order valence-corrected chi connectivity index (χ1v) is 7.78. The van der Waals surface area contributed by atoms with E-state index in [-0.39, 0.29) is 5.97 Å². The molecule has 15 heavy (non-hydrogen) atoms. The fraction of sp³-hybridized carbons (Fsp3) is 0.875. The minimum absolute atomic E-state index is 0.169. The third kappa shape index (κ3) is 6.17. The van der Waals surface area contributed by atoms with Gasteiger partial charge in [-0.2, -0.15) is 0 Å². The van der Waals surface area contributed by atoms with Crippen LogP contribution in [-0.2, 0) is 14.3 Å². The normalized spacial score (nSPS) is 18.9. The minimum atomic E-state index is -0.488. The van der Waals surface area contributed by atoms with Gasteiger partial charge in [0.05, 0.1) is 13.2 Å². The number of esters is 1. The molecule has 1 saturated heterocycles. The van der Waals surface area contributed by atoms with E-state index in [2.05, 4.69) is 72.7 Å². The van der Waals surface area contributed by atoms with Crippen LogP contribution in [-0.4, -0.2) is 49.8 Å². The molecule has 0 spiro atoms. The maximum Gasteiger partial charge on any atom is 0.342 e. The topological polar surface area (TPSA) is 38.8 Å². The number of morpholine rings is 1. The van der Waals surface area contributed by atoms with Crippen molar-refractivity contribution in [1.29, 1.82) is 0 Å². The van der Waals surface area contributed by atoms with Crippen molar-refractivity contribution in [3.8, 4) is 0 Å². The summed E-state index contributed by atoms with van der Waals surface area (Å²) in [4.78, 5) is 13.7. The molecule has 1 rings (SSSR count). The number of carbonyl (C=O) groups excluding carboxylic acids is 1.